The number of nitrogens with zero attached hydrogens (tertiary/aromatic N) is 3. The molecule has 1 aromatic heterocycles. The van der Waals surface area contributed by atoms with Gasteiger partial charge in [0.2, 0.25) is 5.91 Å². The summed E-state index contributed by atoms with van der Waals surface area (Å²) in [5.74, 6) is 0.229. The summed E-state index contributed by atoms with van der Waals surface area (Å²) >= 11 is 0. The van der Waals surface area contributed by atoms with E-state index >= 15 is 0 Å². The lowest BCUT2D eigenvalue weighted by atomic mass is 10.1. The molecule has 0 N–H and O–H groups in total. The summed E-state index contributed by atoms with van der Waals surface area (Å²) in [5, 5.41) is 0. The summed E-state index contributed by atoms with van der Waals surface area (Å²) in [5.41, 5.74) is 3.62. The quantitative estimate of drug-likeness (QED) is 0.641. The van der Waals surface area contributed by atoms with Crippen molar-refractivity contribution in [2.45, 2.75) is 32.9 Å². The minimum Gasteiger partial charge on any atom is -0.479 e. The Balaban J connectivity index is 1.50. The van der Waals surface area contributed by atoms with E-state index in [9.17, 15) is 9.59 Å². The molecule has 0 aliphatic carbocycles. The Hall–Kier alpha value is -3.67. The van der Waals surface area contributed by atoms with E-state index in [-0.39, 0.29) is 24.8 Å². The van der Waals surface area contributed by atoms with Gasteiger partial charge in [-0.1, -0.05) is 48.0 Å². The topological polar surface area (TPSA) is 63.9 Å². The maximum absolute atomic E-state index is 12.7. The van der Waals surface area contributed by atoms with Crippen molar-refractivity contribution in [1.29, 1.82) is 0 Å². The third-order valence-corrected chi connectivity index (χ3v) is 5.25. The van der Waals surface area contributed by atoms with Crippen LogP contribution in [-0.4, -0.2) is 29.0 Å². The van der Waals surface area contributed by atoms with Crippen molar-refractivity contribution < 1.29 is 14.3 Å². The molecule has 0 fully saturated rings. The predicted molar refractivity (Wildman–Crippen MR) is 119 cm³/mol. The third kappa shape index (κ3) is 4.74. The number of ether oxygens (including phenoxy) is 1. The molecular weight excluding hydrogens is 390 g/mol. The molecule has 4 rings (SSSR count). The van der Waals surface area contributed by atoms with Crippen LogP contribution in [0.2, 0.25) is 0 Å². The number of hydrogen-bond donors (Lipinski definition) is 0. The van der Waals surface area contributed by atoms with Crippen molar-refractivity contribution in [2.24, 2.45) is 4.99 Å². The van der Waals surface area contributed by atoms with Crippen molar-refractivity contribution in [3.8, 4) is 5.75 Å². The van der Waals surface area contributed by atoms with Gasteiger partial charge in [0.1, 0.15) is 11.2 Å². The Kier molecular flexibility index (Phi) is 5.98. The molecule has 1 unspecified atom stereocenters. The lowest BCUT2D eigenvalue weighted by Crippen LogP contribution is -2.45. The molecule has 1 aliphatic rings. The number of carbonyl (C=O) groups excluding carboxylic acids is 2. The minimum absolute atomic E-state index is 0.131. The maximum atomic E-state index is 12.7. The van der Waals surface area contributed by atoms with E-state index in [0.717, 1.165) is 5.56 Å². The van der Waals surface area contributed by atoms with Gasteiger partial charge in [0.05, 0.1) is 5.69 Å². The molecule has 0 radical (unpaired) electrons. The van der Waals surface area contributed by atoms with Gasteiger partial charge in [-0.3, -0.25) is 9.59 Å². The number of para-hydroxylation sites is 2. The number of pyridine rings is 1. The first-order valence-corrected chi connectivity index (χ1v) is 10.4. The van der Waals surface area contributed by atoms with Crippen molar-refractivity contribution in [2.75, 3.05) is 11.4 Å². The van der Waals surface area contributed by atoms with Crippen LogP contribution in [0.15, 0.2) is 77.9 Å². The fourth-order valence-electron chi connectivity index (χ4n) is 3.57. The van der Waals surface area contributed by atoms with E-state index in [1.165, 1.54) is 5.56 Å². The van der Waals surface area contributed by atoms with E-state index in [1.54, 1.807) is 11.8 Å². The molecule has 6 nitrogen and oxygen atoms in total. The number of fused-ring (bicyclic) bond motifs is 1. The van der Waals surface area contributed by atoms with Crippen LogP contribution >= 0.6 is 0 Å². The van der Waals surface area contributed by atoms with Crippen LogP contribution in [0.1, 0.15) is 24.5 Å². The third-order valence-electron chi connectivity index (χ3n) is 5.25. The zero-order valence-electron chi connectivity index (χ0n) is 17.7. The van der Waals surface area contributed by atoms with Gasteiger partial charge in [-0.15, -0.1) is 0 Å². The molecule has 0 spiro atoms. The fourth-order valence-corrected chi connectivity index (χ4v) is 3.57. The smallest absolute Gasteiger partial charge is 0.267 e. The fraction of sp³-hybridized carbons (Fsp3) is 0.240. The van der Waals surface area contributed by atoms with Crippen LogP contribution in [0.5, 0.6) is 5.75 Å². The average molecular weight is 415 g/mol. The highest BCUT2D eigenvalue weighted by Crippen LogP contribution is 2.33. The number of benzene rings is 2. The van der Waals surface area contributed by atoms with Crippen LogP contribution in [0.3, 0.4) is 0 Å². The van der Waals surface area contributed by atoms with Gasteiger partial charge in [-0.25, -0.2) is 0 Å². The molecule has 0 bridgehead atoms. The van der Waals surface area contributed by atoms with Crippen molar-refractivity contribution in [3.05, 3.63) is 89.5 Å². The predicted octanol–water partition coefficient (Wildman–Crippen LogP) is 3.48. The molecule has 158 valence electrons. The highest BCUT2D eigenvalue weighted by molar-refractivity contribution is 6.00. The molecule has 1 aliphatic heterocycles. The molecule has 1 atom stereocenters. The lowest BCUT2D eigenvalue weighted by Gasteiger charge is -2.32. The standard InChI is InChI=1S/C25H25N3O3/c1-18-10-12-20(13-11-18)17-27-15-6-5-9-23(27)26-24(29)14-16-28-21-7-3-4-8-22(21)31-19(2)25(28)30/h3-13,15,19H,14,16-17H2,1-2H3. The van der Waals surface area contributed by atoms with Crippen LogP contribution in [0.4, 0.5) is 5.69 Å². The van der Waals surface area contributed by atoms with E-state index in [1.807, 2.05) is 53.2 Å². The number of amides is 2. The second kappa shape index (κ2) is 9.00. The molecule has 3 aromatic rings. The van der Waals surface area contributed by atoms with Gasteiger partial charge in [-0.05, 0) is 43.7 Å². The monoisotopic (exact) mass is 415 g/mol. The summed E-state index contributed by atoms with van der Waals surface area (Å²) in [6.45, 7) is 4.66. The number of anilines is 1. The zero-order chi connectivity index (χ0) is 21.8. The molecule has 31 heavy (non-hydrogen) atoms. The van der Waals surface area contributed by atoms with E-state index in [2.05, 4.69) is 36.2 Å². The largest absolute Gasteiger partial charge is 0.479 e. The van der Waals surface area contributed by atoms with Crippen LogP contribution < -0.4 is 15.1 Å². The van der Waals surface area contributed by atoms with Gasteiger partial charge >= 0.3 is 0 Å². The Morgan fingerprint density at radius 3 is 2.58 bits per heavy atom. The van der Waals surface area contributed by atoms with Gasteiger partial charge in [0, 0.05) is 25.7 Å². The Morgan fingerprint density at radius 2 is 1.77 bits per heavy atom. The number of rotatable bonds is 5. The van der Waals surface area contributed by atoms with Gasteiger partial charge < -0.3 is 14.2 Å². The first-order valence-electron chi connectivity index (χ1n) is 10.4. The molecule has 2 aromatic carbocycles. The van der Waals surface area contributed by atoms with Crippen molar-refractivity contribution in [3.63, 3.8) is 0 Å². The van der Waals surface area contributed by atoms with Crippen LogP contribution in [0.25, 0.3) is 0 Å². The minimum atomic E-state index is -0.576. The maximum Gasteiger partial charge on any atom is 0.267 e. The van der Waals surface area contributed by atoms with Gasteiger partial charge in [0.15, 0.2) is 6.10 Å². The zero-order valence-corrected chi connectivity index (χ0v) is 17.7. The Labute approximate surface area is 181 Å². The first-order chi connectivity index (χ1) is 15.0. The molecule has 0 saturated carbocycles. The van der Waals surface area contributed by atoms with E-state index in [4.69, 9.17) is 4.74 Å². The molecule has 2 amide bonds. The molecule has 0 saturated heterocycles. The SMILES string of the molecule is Cc1ccc(Cn2ccccc2=NC(=O)CCN2C(=O)C(C)Oc3ccccc32)cc1. The highest BCUT2D eigenvalue weighted by atomic mass is 16.5. The summed E-state index contributed by atoms with van der Waals surface area (Å²) in [7, 11) is 0. The van der Waals surface area contributed by atoms with Crippen LogP contribution in [-0.2, 0) is 16.1 Å². The van der Waals surface area contributed by atoms with Crippen LogP contribution in [0, 0.1) is 6.92 Å². The number of aromatic nitrogens is 1. The molecule has 2 heterocycles. The van der Waals surface area contributed by atoms with Gasteiger partial charge in [0.25, 0.3) is 5.91 Å². The normalized spacial score (nSPS) is 16.1. The first kappa shape index (κ1) is 20.6. The van der Waals surface area contributed by atoms with Gasteiger partial charge in [-0.2, -0.15) is 4.99 Å². The summed E-state index contributed by atoms with van der Waals surface area (Å²) in [4.78, 5) is 31.2. The average Bonchev–Trinajstić information content (AvgIpc) is 2.77. The number of aryl methyl sites for hydroxylation is 1. The lowest BCUT2D eigenvalue weighted by molar-refractivity contribution is -0.125. The summed E-state index contributed by atoms with van der Waals surface area (Å²) in [6, 6.07) is 21.3. The van der Waals surface area contributed by atoms with E-state index < -0.39 is 6.10 Å². The highest BCUT2D eigenvalue weighted by Gasteiger charge is 2.31. The van der Waals surface area contributed by atoms with Crippen molar-refractivity contribution in [1.82, 2.24) is 4.57 Å². The molecule has 6 heteroatoms. The second-order valence-corrected chi connectivity index (χ2v) is 7.65. The number of hydrogen-bond acceptors (Lipinski definition) is 3. The Morgan fingerprint density at radius 1 is 1.03 bits per heavy atom. The van der Waals surface area contributed by atoms with Crippen molar-refractivity contribution >= 4 is 17.5 Å². The summed E-state index contributed by atoms with van der Waals surface area (Å²) in [6.07, 6.45) is 1.47. The molecular formula is C25H25N3O3. The summed E-state index contributed by atoms with van der Waals surface area (Å²) < 4.78 is 7.60. The van der Waals surface area contributed by atoms with E-state index in [0.29, 0.717) is 23.5 Å². The Bertz CT molecular complexity index is 1160. The second-order valence-electron chi connectivity index (χ2n) is 7.65. The number of carbonyl (C=O) groups is 2.